The lowest BCUT2D eigenvalue weighted by molar-refractivity contribution is -0.120. The van der Waals surface area contributed by atoms with Gasteiger partial charge in [-0.1, -0.05) is 23.7 Å². The lowest BCUT2D eigenvalue weighted by atomic mass is 10.1. The van der Waals surface area contributed by atoms with Gasteiger partial charge in [0.25, 0.3) is 0 Å². The fourth-order valence-electron chi connectivity index (χ4n) is 1.85. The molecular weight excluding hydrogens is 294 g/mol. The molecule has 0 aliphatic carbocycles. The Bertz CT molecular complexity index is 569. The van der Waals surface area contributed by atoms with Crippen molar-refractivity contribution in [1.29, 1.82) is 0 Å². The Balaban J connectivity index is 1.78. The van der Waals surface area contributed by atoms with Gasteiger partial charge in [0, 0.05) is 11.4 Å². The molecule has 1 amide bonds. The second-order valence-electron chi connectivity index (χ2n) is 4.32. The zero-order chi connectivity index (χ0) is 14.4. The molecule has 0 radical (unpaired) electrons. The van der Waals surface area contributed by atoms with Crippen molar-refractivity contribution >= 4 is 28.8 Å². The van der Waals surface area contributed by atoms with E-state index in [4.69, 9.17) is 16.3 Å². The van der Waals surface area contributed by atoms with Gasteiger partial charge in [0.05, 0.1) is 18.6 Å². The highest BCUT2D eigenvalue weighted by Crippen LogP contribution is 2.24. The first kappa shape index (κ1) is 14.9. The highest BCUT2D eigenvalue weighted by Gasteiger charge is 2.05. The molecule has 5 heteroatoms. The number of carbonyl (C=O) groups is 1. The molecule has 2 aromatic rings. The van der Waals surface area contributed by atoms with Gasteiger partial charge in [0.2, 0.25) is 5.91 Å². The van der Waals surface area contributed by atoms with Gasteiger partial charge in [-0.05, 0) is 35.6 Å². The summed E-state index contributed by atoms with van der Waals surface area (Å²) >= 11 is 7.65. The van der Waals surface area contributed by atoms with Crippen LogP contribution in [0.4, 0.5) is 0 Å². The molecule has 1 aromatic heterocycles. The summed E-state index contributed by atoms with van der Waals surface area (Å²) in [5.41, 5.74) is 1.08. The quantitative estimate of drug-likeness (QED) is 0.889. The zero-order valence-corrected chi connectivity index (χ0v) is 12.8. The largest absolute Gasteiger partial charge is 0.495 e. The third-order valence-corrected chi connectivity index (χ3v) is 4.04. The summed E-state index contributed by atoms with van der Waals surface area (Å²) in [6, 6.07) is 9.58. The summed E-state index contributed by atoms with van der Waals surface area (Å²) in [6.45, 7) is 0.604. The fraction of sp³-hybridized carbons (Fsp3) is 0.267. The molecule has 0 saturated heterocycles. The van der Waals surface area contributed by atoms with E-state index in [1.165, 1.54) is 0 Å². The van der Waals surface area contributed by atoms with Crippen molar-refractivity contribution in [3.63, 3.8) is 0 Å². The second-order valence-corrected chi connectivity index (χ2v) is 5.76. The molecule has 1 N–H and O–H groups in total. The number of nitrogens with one attached hydrogen (secondary N) is 1. The van der Waals surface area contributed by atoms with E-state index in [2.05, 4.69) is 5.32 Å². The minimum absolute atomic E-state index is 0.0482. The van der Waals surface area contributed by atoms with Gasteiger partial charge >= 0.3 is 0 Å². The number of amides is 1. The molecule has 0 unspecified atom stereocenters. The summed E-state index contributed by atoms with van der Waals surface area (Å²) < 4.78 is 5.10. The number of benzene rings is 1. The van der Waals surface area contributed by atoms with Crippen LogP contribution in [-0.4, -0.2) is 19.6 Å². The Labute approximate surface area is 127 Å². The van der Waals surface area contributed by atoms with Crippen LogP contribution in [-0.2, 0) is 17.6 Å². The molecular formula is C15H16ClNO2S. The summed E-state index contributed by atoms with van der Waals surface area (Å²) in [5.74, 6) is 0.712. The van der Waals surface area contributed by atoms with E-state index in [1.807, 2.05) is 35.7 Å². The molecule has 1 heterocycles. The molecule has 0 fully saturated rings. The van der Waals surface area contributed by atoms with Crippen molar-refractivity contribution in [1.82, 2.24) is 5.32 Å². The Kier molecular flexibility index (Phi) is 5.44. The van der Waals surface area contributed by atoms with Crippen molar-refractivity contribution in [2.45, 2.75) is 12.8 Å². The minimum atomic E-state index is 0.0482. The molecule has 2 rings (SSSR count). The maximum Gasteiger partial charge on any atom is 0.225 e. The fourth-order valence-corrected chi connectivity index (χ4v) is 2.83. The number of thiophene rings is 1. The summed E-state index contributed by atoms with van der Waals surface area (Å²) in [7, 11) is 1.59. The topological polar surface area (TPSA) is 38.3 Å². The van der Waals surface area contributed by atoms with Crippen LogP contribution in [0.15, 0.2) is 35.7 Å². The molecule has 0 aliphatic heterocycles. The van der Waals surface area contributed by atoms with E-state index in [-0.39, 0.29) is 5.91 Å². The van der Waals surface area contributed by atoms with Gasteiger partial charge in [-0.3, -0.25) is 4.79 Å². The predicted molar refractivity (Wildman–Crippen MR) is 82.7 cm³/mol. The van der Waals surface area contributed by atoms with Crippen molar-refractivity contribution in [3.8, 4) is 5.75 Å². The smallest absolute Gasteiger partial charge is 0.225 e. The van der Waals surface area contributed by atoms with Crippen LogP contribution in [0.5, 0.6) is 5.75 Å². The SMILES string of the molecule is COc1ccc(CCNC(=O)Cc2cccs2)cc1Cl. The normalized spacial score (nSPS) is 10.3. The van der Waals surface area contributed by atoms with Crippen LogP contribution in [0.3, 0.4) is 0 Å². The predicted octanol–water partition coefficient (Wildman–Crippen LogP) is 3.31. The van der Waals surface area contributed by atoms with Gasteiger partial charge in [0.15, 0.2) is 0 Å². The third kappa shape index (κ3) is 4.25. The molecule has 20 heavy (non-hydrogen) atoms. The van der Waals surface area contributed by atoms with E-state index >= 15 is 0 Å². The van der Waals surface area contributed by atoms with Crippen LogP contribution < -0.4 is 10.1 Å². The van der Waals surface area contributed by atoms with Crippen LogP contribution in [0.25, 0.3) is 0 Å². The zero-order valence-electron chi connectivity index (χ0n) is 11.2. The molecule has 0 aliphatic rings. The molecule has 1 aromatic carbocycles. The first-order valence-electron chi connectivity index (χ1n) is 6.30. The Morgan fingerprint density at radius 2 is 2.25 bits per heavy atom. The highest BCUT2D eigenvalue weighted by atomic mass is 35.5. The van der Waals surface area contributed by atoms with Crippen LogP contribution in [0.2, 0.25) is 5.02 Å². The third-order valence-electron chi connectivity index (χ3n) is 2.87. The number of methoxy groups -OCH3 is 1. The van der Waals surface area contributed by atoms with Crippen molar-refractivity contribution in [2.24, 2.45) is 0 Å². The number of carbonyl (C=O) groups excluding carboxylic acids is 1. The van der Waals surface area contributed by atoms with E-state index in [0.29, 0.717) is 23.7 Å². The number of hydrogen-bond donors (Lipinski definition) is 1. The van der Waals surface area contributed by atoms with Gasteiger partial charge < -0.3 is 10.1 Å². The Morgan fingerprint density at radius 1 is 1.40 bits per heavy atom. The summed E-state index contributed by atoms with van der Waals surface area (Å²) in [5, 5.41) is 5.48. The number of hydrogen-bond acceptors (Lipinski definition) is 3. The van der Waals surface area contributed by atoms with Crippen molar-refractivity contribution < 1.29 is 9.53 Å². The number of halogens is 1. The van der Waals surface area contributed by atoms with Crippen molar-refractivity contribution in [2.75, 3.05) is 13.7 Å². The van der Waals surface area contributed by atoms with E-state index in [0.717, 1.165) is 16.9 Å². The summed E-state index contributed by atoms with van der Waals surface area (Å²) in [4.78, 5) is 12.8. The Morgan fingerprint density at radius 3 is 2.90 bits per heavy atom. The van der Waals surface area contributed by atoms with Crippen LogP contribution in [0, 0.1) is 0 Å². The average Bonchev–Trinajstić information content (AvgIpc) is 2.92. The van der Waals surface area contributed by atoms with Gasteiger partial charge in [0.1, 0.15) is 5.75 Å². The molecule has 0 spiro atoms. The second kappa shape index (κ2) is 7.31. The molecule has 106 valence electrons. The first-order chi connectivity index (χ1) is 9.69. The Hall–Kier alpha value is -1.52. The molecule has 0 atom stereocenters. The minimum Gasteiger partial charge on any atom is -0.495 e. The van der Waals surface area contributed by atoms with Gasteiger partial charge in [-0.25, -0.2) is 0 Å². The van der Waals surface area contributed by atoms with Crippen molar-refractivity contribution in [3.05, 3.63) is 51.2 Å². The molecule has 0 bridgehead atoms. The number of rotatable bonds is 6. The lowest BCUT2D eigenvalue weighted by Gasteiger charge is -2.07. The first-order valence-corrected chi connectivity index (χ1v) is 7.56. The maximum atomic E-state index is 11.7. The van der Waals surface area contributed by atoms with Crippen LogP contribution in [0.1, 0.15) is 10.4 Å². The highest BCUT2D eigenvalue weighted by molar-refractivity contribution is 7.10. The van der Waals surface area contributed by atoms with E-state index in [1.54, 1.807) is 18.4 Å². The average molecular weight is 310 g/mol. The molecule has 3 nitrogen and oxygen atoms in total. The van der Waals surface area contributed by atoms with E-state index < -0.39 is 0 Å². The van der Waals surface area contributed by atoms with Gasteiger partial charge in [-0.15, -0.1) is 11.3 Å². The standard InChI is InChI=1S/C15H16ClNO2S/c1-19-14-5-4-11(9-13(14)16)6-7-17-15(18)10-12-3-2-8-20-12/h2-5,8-9H,6-7,10H2,1H3,(H,17,18). The maximum absolute atomic E-state index is 11.7. The summed E-state index contributed by atoms with van der Waals surface area (Å²) in [6.07, 6.45) is 1.20. The van der Waals surface area contributed by atoms with Crippen LogP contribution >= 0.6 is 22.9 Å². The van der Waals surface area contributed by atoms with Gasteiger partial charge in [-0.2, -0.15) is 0 Å². The number of ether oxygens (including phenoxy) is 1. The van der Waals surface area contributed by atoms with E-state index in [9.17, 15) is 4.79 Å². The lowest BCUT2D eigenvalue weighted by Crippen LogP contribution is -2.26. The molecule has 0 saturated carbocycles. The monoisotopic (exact) mass is 309 g/mol.